The Labute approximate surface area is 75.4 Å². The van der Waals surface area contributed by atoms with Gasteiger partial charge in [-0.25, -0.2) is 0 Å². The maximum absolute atomic E-state index is 5.26. The highest BCUT2D eigenvalue weighted by Gasteiger charge is 2.01. The summed E-state index contributed by atoms with van der Waals surface area (Å²) in [5.41, 5.74) is 2.26. The molecular formula is C11H18O. The lowest BCUT2D eigenvalue weighted by molar-refractivity contribution is 0.297. The topological polar surface area (TPSA) is 9.23 Å². The Bertz CT molecular complexity index is 209. The van der Waals surface area contributed by atoms with Crippen molar-refractivity contribution in [2.75, 3.05) is 7.11 Å². The van der Waals surface area contributed by atoms with Gasteiger partial charge in [0.05, 0.1) is 7.11 Å². The number of allylic oxidation sites excluding steroid dienone is 4. The molecule has 0 aliphatic heterocycles. The van der Waals surface area contributed by atoms with Crippen molar-refractivity contribution in [3.63, 3.8) is 0 Å². The maximum Gasteiger partial charge on any atom is 0.124 e. The zero-order valence-electron chi connectivity index (χ0n) is 8.48. The molecule has 0 aromatic rings. The lowest BCUT2D eigenvalue weighted by atomic mass is 10.1. The van der Waals surface area contributed by atoms with Crippen LogP contribution in [-0.2, 0) is 4.74 Å². The molecule has 0 aromatic carbocycles. The van der Waals surface area contributed by atoms with Crippen LogP contribution in [0.25, 0.3) is 0 Å². The number of hydrogen-bond acceptors (Lipinski definition) is 1. The van der Waals surface area contributed by atoms with Gasteiger partial charge in [0.2, 0.25) is 0 Å². The standard InChI is InChI=1S/C11H18O/c1-6-8-10(4)11(12-5)9(3)7-2/h7-8H,2,6H2,1,3-5H3/b10-8-,11-9+. The Balaban J connectivity index is 4.78. The molecule has 0 fully saturated rings. The molecule has 0 amide bonds. The third-order valence-electron chi connectivity index (χ3n) is 1.74. The molecule has 0 spiro atoms. The van der Waals surface area contributed by atoms with Crippen molar-refractivity contribution in [3.8, 4) is 0 Å². The average molecular weight is 166 g/mol. The summed E-state index contributed by atoms with van der Waals surface area (Å²) in [4.78, 5) is 0. The lowest BCUT2D eigenvalue weighted by Crippen LogP contribution is -1.92. The maximum atomic E-state index is 5.26. The van der Waals surface area contributed by atoms with E-state index in [1.165, 1.54) is 5.57 Å². The summed E-state index contributed by atoms with van der Waals surface area (Å²) in [7, 11) is 1.69. The van der Waals surface area contributed by atoms with Crippen LogP contribution in [0.4, 0.5) is 0 Å². The zero-order chi connectivity index (χ0) is 9.56. The molecule has 0 aliphatic rings. The summed E-state index contributed by atoms with van der Waals surface area (Å²) >= 11 is 0. The molecule has 0 unspecified atom stereocenters. The van der Waals surface area contributed by atoms with Gasteiger partial charge in [-0.05, 0) is 31.4 Å². The largest absolute Gasteiger partial charge is 0.496 e. The van der Waals surface area contributed by atoms with Crippen molar-refractivity contribution >= 4 is 0 Å². The first kappa shape index (κ1) is 11.0. The Morgan fingerprint density at radius 2 is 2.00 bits per heavy atom. The molecule has 0 heterocycles. The summed E-state index contributed by atoms with van der Waals surface area (Å²) in [6.07, 6.45) is 4.99. The molecule has 12 heavy (non-hydrogen) atoms. The van der Waals surface area contributed by atoms with Gasteiger partial charge >= 0.3 is 0 Å². The van der Waals surface area contributed by atoms with Crippen LogP contribution in [0.2, 0.25) is 0 Å². The molecule has 0 saturated heterocycles. The number of hydrogen-bond donors (Lipinski definition) is 0. The van der Waals surface area contributed by atoms with E-state index in [0.29, 0.717) is 0 Å². The molecule has 0 aliphatic carbocycles. The van der Waals surface area contributed by atoms with E-state index in [-0.39, 0.29) is 0 Å². The third-order valence-corrected chi connectivity index (χ3v) is 1.74. The van der Waals surface area contributed by atoms with Crippen LogP contribution in [-0.4, -0.2) is 7.11 Å². The Morgan fingerprint density at radius 3 is 2.33 bits per heavy atom. The van der Waals surface area contributed by atoms with Crippen molar-refractivity contribution in [1.29, 1.82) is 0 Å². The van der Waals surface area contributed by atoms with Crippen LogP contribution in [0, 0.1) is 0 Å². The number of ether oxygens (including phenoxy) is 1. The van der Waals surface area contributed by atoms with Gasteiger partial charge in [0.15, 0.2) is 0 Å². The molecular weight excluding hydrogens is 148 g/mol. The molecule has 1 nitrogen and oxygen atoms in total. The molecule has 0 atom stereocenters. The summed E-state index contributed by atoms with van der Waals surface area (Å²) in [6.45, 7) is 9.87. The Hall–Kier alpha value is -0.980. The van der Waals surface area contributed by atoms with Crippen LogP contribution in [0.1, 0.15) is 27.2 Å². The SMILES string of the molecule is C=C/C(C)=C(OC)\C(C)=C/CC. The quantitative estimate of drug-likeness (QED) is 0.459. The summed E-state index contributed by atoms with van der Waals surface area (Å²) < 4.78 is 5.26. The van der Waals surface area contributed by atoms with Crippen LogP contribution in [0.3, 0.4) is 0 Å². The smallest absolute Gasteiger partial charge is 0.124 e. The van der Waals surface area contributed by atoms with Crippen LogP contribution < -0.4 is 0 Å². The van der Waals surface area contributed by atoms with E-state index < -0.39 is 0 Å². The van der Waals surface area contributed by atoms with Gasteiger partial charge < -0.3 is 4.74 Å². The number of methoxy groups -OCH3 is 1. The molecule has 0 rings (SSSR count). The fourth-order valence-corrected chi connectivity index (χ4v) is 1.12. The van der Waals surface area contributed by atoms with E-state index in [1.54, 1.807) is 7.11 Å². The van der Waals surface area contributed by atoms with Crippen LogP contribution in [0.5, 0.6) is 0 Å². The molecule has 0 radical (unpaired) electrons. The van der Waals surface area contributed by atoms with Crippen LogP contribution >= 0.6 is 0 Å². The third kappa shape index (κ3) is 2.95. The highest BCUT2D eigenvalue weighted by Crippen LogP contribution is 2.16. The fourth-order valence-electron chi connectivity index (χ4n) is 1.12. The second-order valence-electron chi connectivity index (χ2n) is 2.72. The van der Waals surface area contributed by atoms with E-state index in [2.05, 4.69) is 26.5 Å². The van der Waals surface area contributed by atoms with E-state index in [0.717, 1.165) is 17.8 Å². The van der Waals surface area contributed by atoms with Crippen molar-refractivity contribution in [3.05, 3.63) is 35.6 Å². The van der Waals surface area contributed by atoms with Gasteiger partial charge in [-0.2, -0.15) is 0 Å². The van der Waals surface area contributed by atoms with Crippen LogP contribution in [0.15, 0.2) is 35.6 Å². The normalized spacial score (nSPS) is 13.8. The van der Waals surface area contributed by atoms with Crippen molar-refractivity contribution in [2.24, 2.45) is 0 Å². The second kappa shape index (κ2) is 5.64. The first-order valence-corrected chi connectivity index (χ1v) is 4.21. The first-order chi connectivity index (χ1) is 5.67. The highest BCUT2D eigenvalue weighted by atomic mass is 16.5. The Kier molecular flexibility index (Phi) is 5.18. The minimum Gasteiger partial charge on any atom is -0.496 e. The molecule has 0 saturated carbocycles. The van der Waals surface area contributed by atoms with E-state index in [1.807, 2.05) is 13.0 Å². The minimum absolute atomic E-state index is 0.937. The van der Waals surface area contributed by atoms with Gasteiger partial charge in [0.1, 0.15) is 5.76 Å². The molecule has 0 bridgehead atoms. The summed E-state index contributed by atoms with van der Waals surface area (Å²) in [5, 5.41) is 0. The minimum atomic E-state index is 0.937. The number of rotatable bonds is 4. The molecule has 0 N–H and O–H groups in total. The van der Waals surface area contributed by atoms with Crippen molar-refractivity contribution < 1.29 is 4.74 Å². The second-order valence-corrected chi connectivity index (χ2v) is 2.72. The van der Waals surface area contributed by atoms with Crippen molar-refractivity contribution in [1.82, 2.24) is 0 Å². The zero-order valence-corrected chi connectivity index (χ0v) is 8.48. The predicted molar refractivity (Wildman–Crippen MR) is 54.0 cm³/mol. The molecule has 68 valence electrons. The Morgan fingerprint density at radius 1 is 1.42 bits per heavy atom. The average Bonchev–Trinajstić information content (AvgIpc) is 2.06. The van der Waals surface area contributed by atoms with Gasteiger partial charge in [-0.15, -0.1) is 0 Å². The molecule has 1 heteroatoms. The molecule has 0 aromatic heterocycles. The monoisotopic (exact) mass is 166 g/mol. The predicted octanol–water partition coefficient (Wildman–Crippen LogP) is 3.45. The summed E-state index contributed by atoms with van der Waals surface area (Å²) in [6, 6.07) is 0. The highest BCUT2D eigenvalue weighted by molar-refractivity contribution is 5.32. The van der Waals surface area contributed by atoms with E-state index in [4.69, 9.17) is 4.74 Å². The fraction of sp³-hybridized carbons (Fsp3) is 0.455. The van der Waals surface area contributed by atoms with Gasteiger partial charge in [0, 0.05) is 0 Å². The van der Waals surface area contributed by atoms with Gasteiger partial charge in [0.25, 0.3) is 0 Å². The lowest BCUT2D eigenvalue weighted by Gasteiger charge is -2.08. The van der Waals surface area contributed by atoms with E-state index >= 15 is 0 Å². The van der Waals surface area contributed by atoms with Gasteiger partial charge in [-0.3, -0.25) is 0 Å². The van der Waals surface area contributed by atoms with E-state index in [9.17, 15) is 0 Å². The first-order valence-electron chi connectivity index (χ1n) is 4.21. The van der Waals surface area contributed by atoms with Crippen molar-refractivity contribution in [2.45, 2.75) is 27.2 Å². The van der Waals surface area contributed by atoms with Gasteiger partial charge in [-0.1, -0.05) is 25.7 Å². The summed E-state index contributed by atoms with van der Waals surface area (Å²) in [5.74, 6) is 0.937.